The number of carbonyl (C=O) groups excluding carboxylic acids is 1. The lowest BCUT2D eigenvalue weighted by Crippen LogP contribution is -2.32. The zero-order valence-electron chi connectivity index (χ0n) is 13.0. The maximum Gasteiger partial charge on any atom is 0.257 e. The molecule has 2 aliphatic rings. The van der Waals surface area contributed by atoms with Crippen molar-refractivity contribution >= 4 is 17.5 Å². The molecule has 2 aromatic rings. The van der Waals surface area contributed by atoms with E-state index in [0.717, 1.165) is 37.6 Å². The molecule has 2 aliphatic heterocycles. The number of benzene rings is 1. The van der Waals surface area contributed by atoms with Gasteiger partial charge in [0.15, 0.2) is 0 Å². The van der Waals surface area contributed by atoms with Crippen molar-refractivity contribution in [3.05, 3.63) is 46.7 Å². The molecule has 2 saturated heterocycles. The largest absolute Gasteiger partial charge is 0.338 e. The third-order valence-electron chi connectivity index (χ3n) is 5.00. The summed E-state index contributed by atoms with van der Waals surface area (Å²) in [6, 6.07) is 7.53. The number of halogens is 1. The molecule has 3 heterocycles. The fourth-order valence-corrected chi connectivity index (χ4v) is 3.89. The van der Waals surface area contributed by atoms with Crippen LogP contribution in [0.15, 0.2) is 30.5 Å². The van der Waals surface area contributed by atoms with Crippen LogP contribution in [-0.2, 0) is 0 Å². The number of likely N-dealkylation sites (tertiary alicyclic amines) is 1. The predicted molar refractivity (Wildman–Crippen MR) is 89.1 cm³/mol. The number of aromatic nitrogens is 2. The van der Waals surface area contributed by atoms with Gasteiger partial charge in [-0.15, -0.1) is 0 Å². The molecule has 23 heavy (non-hydrogen) atoms. The molecule has 0 unspecified atom stereocenters. The van der Waals surface area contributed by atoms with Crippen LogP contribution >= 0.6 is 11.6 Å². The van der Waals surface area contributed by atoms with Crippen molar-refractivity contribution in [2.75, 3.05) is 26.2 Å². The molecule has 0 saturated carbocycles. The number of hydrogen-bond donors (Lipinski definition) is 1. The lowest BCUT2D eigenvalue weighted by atomic mass is 10.0. The Morgan fingerprint density at radius 2 is 1.96 bits per heavy atom. The van der Waals surface area contributed by atoms with Crippen LogP contribution in [0.1, 0.15) is 16.1 Å². The molecule has 2 fully saturated rings. The van der Waals surface area contributed by atoms with E-state index in [1.807, 2.05) is 36.1 Å². The first kappa shape index (κ1) is 14.7. The van der Waals surface area contributed by atoms with E-state index in [2.05, 4.69) is 10.4 Å². The molecule has 1 amide bonds. The van der Waals surface area contributed by atoms with Crippen LogP contribution in [0.3, 0.4) is 0 Å². The van der Waals surface area contributed by atoms with E-state index in [1.165, 1.54) is 0 Å². The third kappa shape index (κ3) is 2.44. The van der Waals surface area contributed by atoms with Crippen LogP contribution in [0.5, 0.6) is 0 Å². The number of fused-ring (bicyclic) bond motifs is 1. The van der Waals surface area contributed by atoms with Crippen LogP contribution in [0.25, 0.3) is 5.69 Å². The van der Waals surface area contributed by atoms with Crippen LogP contribution < -0.4 is 5.32 Å². The van der Waals surface area contributed by atoms with Gasteiger partial charge in [-0.2, -0.15) is 5.10 Å². The number of rotatable bonds is 2. The van der Waals surface area contributed by atoms with Crippen molar-refractivity contribution < 1.29 is 4.79 Å². The third-order valence-corrected chi connectivity index (χ3v) is 5.32. The van der Waals surface area contributed by atoms with Gasteiger partial charge in [-0.3, -0.25) is 4.79 Å². The Morgan fingerprint density at radius 3 is 2.65 bits per heavy atom. The summed E-state index contributed by atoms with van der Waals surface area (Å²) in [4.78, 5) is 14.8. The summed E-state index contributed by atoms with van der Waals surface area (Å²) in [5.74, 6) is 1.27. The van der Waals surface area contributed by atoms with Crippen LogP contribution in [0, 0.1) is 18.8 Å². The monoisotopic (exact) mass is 330 g/mol. The van der Waals surface area contributed by atoms with Gasteiger partial charge >= 0.3 is 0 Å². The zero-order valence-corrected chi connectivity index (χ0v) is 13.8. The van der Waals surface area contributed by atoms with Crippen molar-refractivity contribution in [1.29, 1.82) is 0 Å². The number of para-hydroxylation sites is 1. The van der Waals surface area contributed by atoms with Crippen LogP contribution in [0.4, 0.5) is 0 Å². The van der Waals surface area contributed by atoms with Gasteiger partial charge in [-0.25, -0.2) is 4.68 Å². The summed E-state index contributed by atoms with van der Waals surface area (Å²) >= 11 is 6.25. The average molecular weight is 331 g/mol. The summed E-state index contributed by atoms with van der Waals surface area (Å²) < 4.78 is 1.74. The number of nitrogens with zero attached hydrogens (tertiary/aromatic N) is 3. The Labute approximate surface area is 140 Å². The minimum absolute atomic E-state index is 0.0789. The molecule has 0 spiro atoms. The first-order chi connectivity index (χ1) is 11.1. The van der Waals surface area contributed by atoms with E-state index in [9.17, 15) is 4.79 Å². The highest BCUT2D eigenvalue weighted by molar-refractivity contribution is 6.32. The molecule has 4 rings (SSSR count). The lowest BCUT2D eigenvalue weighted by Gasteiger charge is -2.17. The molecule has 120 valence electrons. The van der Waals surface area contributed by atoms with Crippen molar-refractivity contribution in [3.8, 4) is 5.69 Å². The molecule has 1 N–H and O–H groups in total. The zero-order chi connectivity index (χ0) is 16.0. The van der Waals surface area contributed by atoms with Gasteiger partial charge < -0.3 is 10.2 Å². The van der Waals surface area contributed by atoms with Gasteiger partial charge in [0.1, 0.15) is 0 Å². The minimum Gasteiger partial charge on any atom is -0.338 e. The number of amides is 1. The maximum atomic E-state index is 12.8. The fraction of sp³-hybridized carbons (Fsp3) is 0.412. The average Bonchev–Trinajstić information content (AvgIpc) is 3.21. The van der Waals surface area contributed by atoms with Gasteiger partial charge in [0.2, 0.25) is 0 Å². The standard InChI is InChI=1S/C17H19ClN4O/c1-11-14(8-20-22(11)16-5-3-2-4-15(16)18)17(23)21-9-12-6-19-7-13(12)10-21/h2-5,8,12-13,19H,6-7,9-10H2,1H3/t12-,13+. The maximum absolute atomic E-state index is 12.8. The SMILES string of the molecule is Cc1c(C(=O)N2C[C@H]3CNC[C@H]3C2)cnn1-c1ccccc1Cl. The van der Waals surface area contributed by atoms with E-state index in [0.29, 0.717) is 22.4 Å². The molecule has 0 bridgehead atoms. The van der Waals surface area contributed by atoms with Crippen molar-refractivity contribution in [2.45, 2.75) is 6.92 Å². The number of carbonyl (C=O) groups is 1. The highest BCUT2D eigenvalue weighted by Gasteiger charge is 2.38. The molecule has 1 aromatic heterocycles. The summed E-state index contributed by atoms with van der Waals surface area (Å²) in [7, 11) is 0. The van der Waals surface area contributed by atoms with Gasteiger partial charge in [-0.1, -0.05) is 23.7 Å². The second kappa shape index (κ2) is 5.65. The summed E-state index contributed by atoms with van der Waals surface area (Å²) in [6.45, 7) is 5.64. The normalized spacial score (nSPS) is 23.3. The topological polar surface area (TPSA) is 50.2 Å². The molecule has 2 atom stereocenters. The highest BCUT2D eigenvalue weighted by Crippen LogP contribution is 2.28. The molecule has 5 nitrogen and oxygen atoms in total. The number of nitrogens with one attached hydrogen (secondary N) is 1. The van der Waals surface area contributed by atoms with E-state index >= 15 is 0 Å². The highest BCUT2D eigenvalue weighted by atomic mass is 35.5. The van der Waals surface area contributed by atoms with Gasteiger partial charge in [0.05, 0.1) is 28.2 Å². The Balaban J connectivity index is 1.61. The Morgan fingerprint density at radius 1 is 1.26 bits per heavy atom. The van der Waals surface area contributed by atoms with Crippen LogP contribution in [-0.4, -0.2) is 46.8 Å². The molecule has 6 heteroatoms. The van der Waals surface area contributed by atoms with Crippen molar-refractivity contribution in [2.24, 2.45) is 11.8 Å². The van der Waals surface area contributed by atoms with Crippen molar-refractivity contribution in [1.82, 2.24) is 20.0 Å². The fourth-order valence-electron chi connectivity index (χ4n) is 3.68. The first-order valence-electron chi connectivity index (χ1n) is 7.94. The van der Waals surface area contributed by atoms with Gasteiger partial charge in [-0.05, 0) is 30.9 Å². The summed E-state index contributed by atoms with van der Waals surface area (Å²) in [5.41, 5.74) is 2.30. The van der Waals surface area contributed by atoms with Gasteiger partial charge in [0, 0.05) is 26.2 Å². The van der Waals surface area contributed by atoms with Crippen molar-refractivity contribution in [3.63, 3.8) is 0 Å². The van der Waals surface area contributed by atoms with Gasteiger partial charge in [0.25, 0.3) is 5.91 Å². The number of hydrogen-bond acceptors (Lipinski definition) is 3. The van der Waals surface area contributed by atoms with E-state index < -0.39 is 0 Å². The summed E-state index contributed by atoms with van der Waals surface area (Å²) in [6.07, 6.45) is 1.66. The first-order valence-corrected chi connectivity index (χ1v) is 8.32. The van der Waals surface area contributed by atoms with E-state index in [1.54, 1.807) is 10.9 Å². The Bertz CT molecular complexity index is 745. The second-order valence-corrected chi connectivity index (χ2v) is 6.80. The molecular formula is C17H19ClN4O. The molecule has 0 radical (unpaired) electrons. The van der Waals surface area contributed by atoms with E-state index in [4.69, 9.17) is 11.6 Å². The quantitative estimate of drug-likeness (QED) is 0.917. The lowest BCUT2D eigenvalue weighted by molar-refractivity contribution is 0.0781. The summed E-state index contributed by atoms with van der Waals surface area (Å²) in [5, 5.41) is 8.41. The Hall–Kier alpha value is -1.85. The molecule has 0 aliphatic carbocycles. The smallest absolute Gasteiger partial charge is 0.257 e. The Kier molecular flexibility index (Phi) is 3.62. The minimum atomic E-state index is 0.0789. The molecule has 1 aromatic carbocycles. The van der Waals surface area contributed by atoms with E-state index in [-0.39, 0.29) is 5.91 Å². The second-order valence-electron chi connectivity index (χ2n) is 6.40. The predicted octanol–water partition coefficient (Wildman–Crippen LogP) is 2.13. The van der Waals surface area contributed by atoms with Crippen LogP contribution in [0.2, 0.25) is 5.02 Å². The molecular weight excluding hydrogens is 312 g/mol.